The van der Waals surface area contributed by atoms with Gasteiger partial charge in [0.15, 0.2) is 0 Å². The summed E-state index contributed by atoms with van der Waals surface area (Å²) in [6.07, 6.45) is 3.68. The highest BCUT2D eigenvalue weighted by molar-refractivity contribution is 7.09. The van der Waals surface area contributed by atoms with Crippen LogP contribution >= 0.6 is 11.3 Å². The van der Waals surface area contributed by atoms with Gasteiger partial charge in [0.2, 0.25) is 0 Å². The molecule has 0 bridgehead atoms. The minimum atomic E-state index is 0.518. The van der Waals surface area contributed by atoms with Crippen LogP contribution in [0.4, 0.5) is 0 Å². The Morgan fingerprint density at radius 3 is 3.08 bits per heavy atom. The molecule has 0 aliphatic heterocycles. The van der Waals surface area contributed by atoms with E-state index in [-0.39, 0.29) is 0 Å². The highest BCUT2D eigenvalue weighted by Crippen LogP contribution is 2.09. The van der Waals surface area contributed by atoms with Crippen molar-refractivity contribution >= 4 is 11.3 Å². The topological polar surface area (TPSA) is 56.7 Å². The van der Waals surface area contributed by atoms with E-state index < -0.39 is 0 Å². The van der Waals surface area contributed by atoms with Gasteiger partial charge in [0.25, 0.3) is 0 Å². The average molecular weight is 194 g/mol. The van der Waals surface area contributed by atoms with E-state index in [1.54, 1.807) is 17.5 Å². The summed E-state index contributed by atoms with van der Waals surface area (Å²) in [7, 11) is 0. The molecular weight excluding hydrogens is 184 g/mol. The number of aromatic nitrogens is 3. The van der Waals surface area contributed by atoms with Gasteiger partial charge in [-0.1, -0.05) is 0 Å². The van der Waals surface area contributed by atoms with Gasteiger partial charge in [0, 0.05) is 24.3 Å². The molecule has 68 valence electrons. The van der Waals surface area contributed by atoms with Crippen molar-refractivity contribution in [1.29, 1.82) is 0 Å². The third kappa shape index (κ3) is 1.93. The maximum atomic E-state index is 5.46. The van der Waals surface area contributed by atoms with Crippen molar-refractivity contribution in [3.63, 3.8) is 0 Å². The minimum absolute atomic E-state index is 0.518. The molecule has 0 aliphatic carbocycles. The van der Waals surface area contributed by atoms with Crippen LogP contribution in [0, 0.1) is 0 Å². The first-order chi connectivity index (χ1) is 6.38. The van der Waals surface area contributed by atoms with Crippen LogP contribution in [0.25, 0.3) is 0 Å². The SMILES string of the molecule is NCc1nc(Cn2cccn2)cs1. The standard InChI is InChI=1S/C8H10N4S/c9-4-8-11-7(6-13-8)5-12-3-1-2-10-12/h1-3,6H,4-5,9H2. The van der Waals surface area contributed by atoms with Crippen LogP contribution in [0.2, 0.25) is 0 Å². The summed E-state index contributed by atoms with van der Waals surface area (Å²) in [5.74, 6) is 0. The summed E-state index contributed by atoms with van der Waals surface area (Å²) >= 11 is 1.59. The van der Waals surface area contributed by atoms with E-state index in [0.717, 1.165) is 17.2 Å². The van der Waals surface area contributed by atoms with Crippen molar-refractivity contribution in [2.45, 2.75) is 13.1 Å². The van der Waals surface area contributed by atoms with Gasteiger partial charge in [-0.3, -0.25) is 4.68 Å². The summed E-state index contributed by atoms with van der Waals surface area (Å²) in [5, 5.41) is 7.09. The zero-order chi connectivity index (χ0) is 9.10. The molecule has 2 rings (SSSR count). The van der Waals surface area contributed by atoms with Gasteiger partial charge in [-0.05, 0) is 6.07 Å². The van der Waals surface area contributed by atoms with E-state index in [1.807, 2.05) is 22.3 Å². The van der Waals surface area contributed by atoms with Crippen molar-refractivity contribution < 1.29 is 0 Å². The summed E-state index contributed by atoms with van der Waals surface area (Å²) in [5.41, 5.74) is 6.48. The molecule has 0 atom stereocenters. The van der Waals surface area contributed by atoms with E-state index >= 15 is 0 Å². The monoisotopic (exact) mass is 194 g/mol. The lowest BCUT2D eigenvalue weighted by atomic mass is 10.5. The molecule has 4 nitrogen and oxygen atoms in total. The van der Waals surface area contributed by atoms with Gasteiger partial charge >= 0.3 is 0 Å². The fourth-order valence-corrected chi connectivity index (χ4v) is 1.74. The summed E-state index contributed by atoms with van der Waals surface area (Å²) in [4.78, 5) is 4.34. The fraction of sp³-hybridized carbons (Fsp3) is 0.250. The second kappa shape index (κ2) is 3.68. The third-order valence-corrected chi connectivity index (χ3v) is 2.58. The van der Waals surface area contributed by atoms with E-state index in [4.69, 9.17) is 5.73 Å². The largest absolute Gasteiger partial charge is 0.325 e. The van der Waals surface area contributed by atoms with Crippen molar-refractivity contribution in [2.24, 2.45) is 5.73 Å². The molecule has 0 amide bonds. The van der Waals surface area contributed by atoms with Gasteiger partial charge in [-0.15, -0.1) is 11.3 Å². The van der Waals surface area contributed by atoms with Gasteiger partial charge in [-0.2, -0.15) is 5.10 Å². The van der Waals surface area contributed by atoms with Crippen molar-refractivity contribution in [2.75, 3.05) is 0 Å². The Labute approximate surface area is 80.0 Å². The van der Waals surface area contributed by atoms with Crippen molar-refractivity contribution in [3.8, 4) is 0 Å². The summed E-state index contributed by atoms with van der Waals surface area (Å²) < 4.78 is 1.84. The van der Waals surface area contributed by atoms with E-state index in [9.17, 15) is 0 Å². The Morgan fingerprint density at radius 2 is 2.46 bits per heavy atom. The normalized spacial score (nSPS) is 10.5. The molecule has 0 saturated heterocycles. The molecule has 0 saturated carbocycles. The van der Waals surface area contributed by atoms with Crippen molar-refractivity contribution in [3.05, 3.63) is 34.5 Å². The van der Waals surface area contributed by atoms with Gasteiger partial charge in [0.1, 0.15) is 5.01 Å². The van der Waals surface area contributed by atoms with Crippen molar-refractivity contribution in [1.82, 2.24) is 14.8 Å². The predicted molar refractivity (Wildman–Crippen MR) is 51.3 cm³/mol. The number of hydrogen-bond acceptors (Lipinski definition) is 4. The Balaban J connectivity index is 2.10. The second-order valence-corrected chi connectivity index (χ2v) is 3.58. The average Bonchev–Trinajstić information content (AvgIpc) is 2.76. The van der Waals surface area contributed by atoms with Crippen LogP contribution in [0.3, 0.4) is 0 Å². The molecule has 5 heteroatoms. The maximum Gasteiger partial charge on any atom is 0.107 e. The maximum absolute atomic E-state index is 5.46. The lowest BCUT2D eigenvalue weighted by Gasteiger charge is -1.95. The quantitative estimate of drug-likeness (QED) is 0.788. The Kier molecular flexibility index (Phi) is 2.37. The second-order valence-electron chi connectivity index (χ2n) is 2.64. The van der Waals surface area contributed by atoms with Crippen LogP contribution in [0.5, 0.6) is 0 Å². The Hall–Kier alpha value is -1.20. The highest BCUT2D eigenvalue weighted by Gasteiger charge is 2.00. The Bertz CT molecular complexity index is 365. The van der Waals surface area contributed by atoms with Crippen LogP contribution in [0.15, 0.2) is 23.8 Å². The lowest BCUT2D eigenvalue weighted by Crippen LogP contribution is -2.01. The molecular formula is C8H10N4S. The molecule has 2 aromatic heterocycles. The number of nitrogens with two attached hydrogens (primary N) is 1. The Morgan fingerprint density at radius 1 is 1.54 bits per heavy atom. The number of thiazole rings is 1. The zero-order valence-corrected chi connectivity index (χ0v) is 7.87. The van der Waals surface area contributed by atoms with E-state index in [0.29, 0.717) is 6.54 Å². The third-order valence-electron chi connectivity index (χ3n) is 1.66. The fourth-order valence-electron chi connectivity index (χ4n) is 1.08. The smallest absolute Gasteiger partial charge is 0.107 e. The van der Waals surface area contributed by atoms with Crippen LogP contribution in [0.1, 0.15) is 10.7 Å². The molecule has 0 spiro atoms. The zero-order valence-electron chi connectivity index (χ0n) is 7.05. The molecule has 0 aliphatic rings. The van der Waals surface area contributed by atoms with E-state index in [2.05, 4.69) is 10.1 Å². The molecule has 2 N–H and O–H groups in total. The first-order valence-electron chi connectivity index (χ1n) is 3.99. The van der Waals surface area contributed by atoms with Gasteiger partial charge in [-0.25, -0.2) is 4.98 Å². The summed E-state index contributed by atoms with van der Waals surface area (Å²) in [6, 6.07) is 1.90. The molecule has 0 unspecified atom stereocenters. The van der Waals surface area contributed by atoms with E-state index in [1.165, 1.54) is 0 Å². The predicted octanol–water partition coefficient (Wildman–Crippen LogP) is 0.847. The lowest BCUT2D eigenvalue weighted by molar-refractivity contribution is 0.674. The first kappa shape index (κ1) is 8.40. The minimum Gasteiger partial charge on any atom is -0.325 e. The van der Waals surface area contributed by atoms with Crippen LogP contribution in [-0.2, 0) is 13.1 Å². The number of nitrogens with zero attached hydrogens (tertiary/aromatic N) is 3. The molecule has 2 heterocycles. The van der Waals surface area contributed by atoms with Crippen LogP contribution < -0.4 is 5.73 Å². The molecule has 0 fully saturated rings. The summed E-state index contributed by atoms with van der Waals surface area (Å²) in [6.45, 7) is 1.24. The van der Waals surface area contributed by atoms with Gasteiger partial charge in [0.05, 0.1) is 12.2 Å². The first-order valence-corrected chi connectivity index (χ1v) is 4.87. The van der Waals surface area contributed by atoms with Gasteiger partial charge < -0.3 is 5.73 Å². The molecule has 0 aromatic carbocycles. The molecule has 2 aromatic rings. The number of rotatable bonds is 3. The number of hydrogen-bond donors (Lipinski definition) is 1. The highest BCUT2D eigenvalue weighted by atomic mass is 32.1. The molecule has 13 heavy (non-hydrogen) atoms. The molecule has 0 radical (unpaired) electrons. The van der Waals surface area contributed by atoms with Crippen LogP contribution in [-0.4, -0.2) is 14.8 Å².